The Balaban J connectivity index is 1.94. The number of carbonyl (C=O) groups is 1. The number of carbonyl (C=O) groups excluding carboxylic acids is 1. The molecule has 0 bridgehead atoms. The molecule has 0 aliphatic carbocycles. The summed E-state index contributed by atoms with van der Waals surface area (Å²) in [7, 11) is 0. The quantitative estimate of drug-likeness (QED) is 0.784. The number of anilines is 1. The molecule has 3 N–H and O–H groups in total. The van der Waals surface area contributed by atoms with Crippen molar-refractivity contribution in [1.29, 1.82) is 0 Å². The topological polar surface area (TPSA) is 81.2 Å². The van der Waals surface area contributed by atoms with Crippen molar-refractivity contribution in [1.82, 2.24) is 10.5 Å². The van der Waals surface area contributed by atoms with Crippen molar-refractivity contribution in [2.24, 2.45) is 0 Å². The van der Waals surface area contributed by atoms with E-state index in [1.165, 1.54) is 0 Å². The van der Waals surface area contributed by atoms with E-state index >= 15 is 0 Å². The Kier molecular flexibility index (Phi) is 3.09. The molecule has 0 fully saturated rings. The van der Waals surface area contributed by atoms with Crippen LogP contribution < -0.4 is 11.1 Å². The van der Waals surface area contributed by atoms with E-state index in [9.17, 15) is 4.79 Å². The van der Waals surface area contributed by atoms with Crippen LogP contribution in [0.3, 0.4) is 0 Å². The molecule has 88 valence electrons. The van der Waals surface area contributed by atoms with Gasteiger partial charge in [0.25, 0.3) is 5.91 Å². The normalized spacial score (nSPS) is 10.2. The molecular formula is C12H13N3O2. The number of aryl methyl sites for hydroxylation is 1. The third kappa shape index (κ3) is 2.84. The number of nitrogens with two attached hydrogens (primary N) is 1. The van der Waals surface area contributed by atoms with Gasteiger partial charge in [-0.2, -0.15) is 0 Å². The molecule has 0 radical (unpaired) electrons. The maximum Gasteiger partial charge on any atom is 0.290 e. The fourth-order valence-electron chi connectivity index (χ4n) is 1.38. The van der Waals surface area contributed by atoms with Crippen LogP contribution in [0.5, 0.6) is 0 Å². The van der Waals surface area contributed by atoms with Crippen molar-refractivity contribution in [3.05, 3.63) is 47.3 Å². The predicted molar refractivity (Wildman–Crippen MR) is 63.3 cm³/mol. The van der Waals surface area contributed by atoms with Gasteiger partial charge in [-0.25, -0.2) is 0 Å². The number of hydrogen-bond acceptors (Lipinski definition) is 4. The van der Waals surface area contributed by atoms with Crippen LogP contribution in [-0.4, -0.2) is 11.1 Å². The molecule has 2 rings (SSSR count). The zero-order valence-corrected chi connectivity index (χ0v) is 9.43. The Morgan fingerprint density at radius 3 is 2.71 bits per heavy atom. The molecule has 0 aliphatic rings. The Hall–Kier alpha value is -2.30. The summed E-state index contributed by atoms with van der Waals surface area (Å²) in [4.78, 5) is 11.6. The molecule has 0 saturated carbocycles. The van der Waals surface area contributed by atoms with E-state index in [-0.39, 0.29) is 11.7 Å². The summed E-state index contributed by atoms with van der Waals surface area (Å²) in [6.07, 6.45) is 0. The minimum atomic E-state index is -0.276. The third-order valence-electron chi connectivity index (χ3n) is 2.28. The number of nitrogens with zero attached hydrogens (tertiary/aromatic N) is 1. The molecule has 1 aromatic carbocycles. The zero-order valence-electron chi connectivity index (χ0n) is 9.43. The highest BCUT2D eigenvalue weighted by atomic mass is 16.5. The second-order valence-electron chi connectivity index (χ2n) is 3.76. The number of hydrogen-bond donors (Lipinski definition) is 2. The molecule has 1 heterocycles. The summed E-state index contributed by atoms with van der Waals surface area (Å²) in [5, 5.41) is 6.39. The zero-order chi connectivity index (χ0) is 12.3. The second kappa shape index (κ2) is 4.69. The lowest BCUT2D eigenvalue weighted by Crippen LogP contribution is -2.22. The summed E-state index contributed by atoms with van der Waals surface area (Å²) < 4.78 is 4.85. The Bertz CT molecular complexity index is 517. The average Bonchev–Trinajstić information content (AvgIpc) is 2.75. The van der Waals surface area contributed by atoms with Gasteiger partial charge in [0, 0.05) is 18.3 Å². The van der Waals surface area contributed by atoms with Crippen molar-refractivity contribution in [3.8, 4) is 0 Å². The van der Waals surface area contributed by atoms with Gasteiger partial charge in [-0.1, -0.05) is 17.3 Å². The molecule has 1 aromatic heterocycles. The average molecular weight is 231 g/mol. The SMILES string of the molecule is Cc1cc(C(=O)NCc2ccc(N)cc2)on1. The van der Waals surface area contributed by atoms with Gasteiger partial charge >= 0.3 is 0 Å². The van der Waals surface area contributed by atoms with Crippen molar-refractivity contribution in [2.45, 2.75) is 13.5 Å². The number of rotatable bonds is 3. The maximum atomic E-state index is 11.6. The second-order valence-corrected chi connectivity index (χ2v) is 3.76. The van der Waals surface area contributed by atoms with Crippen LogP contribution in [0.4, 0.5) is 5.69 Å². The van der Waals surface area contributed by atoms with E-state index in [4.69, 9.17) is 10.3 Å². The minimum absolute atomic E-state index is 0.220. The number of benzene rings is 1. The Labute approximate surface area is 98.6 Å². The van der Waals surface area contributed by atoms with Gasteiger partial charge in [0.05, 0.1) is 5.69 Å². The first-order valence-electron chi connectivity index (χ1n) is 5.21. The van der Waals surface area contributed by atoms with Gasteiger partial charge in [0.15, 0.2) is 0 Å². The van der Waals surface area contributed by atoms with Crippen LogP contribution in [0.1, 0.15) is 21.8 Å². The molecule has 17 heavy (non-hydrogen) atoms. The standard InChI is InChI=1S/C12H13N3O2/c1-8-6-11(17-15-8)12(16)14-7-9-2-4-10(13)5-3-9/h2-6H,7,13H2,1H3,(H,14,16). The molecule has 0 unspecified atom stereocenters. The van der Waals surface area contributed by atoms with E-state index in [1.54, 1.807) is 25.1 Å². The lowest BCUT2D eigenvalue weighted by Gasteiger charge is -2.03. The molecule has 5 nitrogen and oxygen atoms in total. The highest BCUT2D eigenvalue weighted by Gasteiger charge is 2.10. The van der Waals surface area contributed by atoms with E-state index in [0.717, 1.165) is 5.56 Å². The summed E-state index contributed by atoms with van der Waals surface area (Å²) in [5.41, 5.74) is 7.92. The first-order valence-corrected chi connectivity index (χ1v) is 5.21. The summed E-state index contributed by atoms with van der Waals surface area (Å²) >= 11 is 0. The molecule has 1 amide bonds. The Morgan fingerprint density at radius 1 is 1.41 bits per heavy atom. The molecule has 2 aromatic rings. The highest BCUT2D eigenvalue weighted by molar-refractivity contribution is 5.91. The van der Waals surface area contributed by atoms with Crippen molar-refractivity contribution < 1.29 is 9.32 Å². The molecule has 0 saturated heterocycles. The van der Waals surface area contributed by atoms with Crippen LogP contribution in [0.15, 0.2) is 34.9 Å². The molecule has 0 aliphatic heterocycles. The lowest BCUT2D eigenvalue weighted by atomic mass is 10.2. The molecule has 0 spiro atoms. The lowest BCUT2D eigenvalue weighted by molar-refractivity contribution is 0.0914. The van der Waals surface area contributed by atoms with Crippen molar-refractivity contribution in [2.75, 3.05) is 5.73 Å². The minimum Gasteiger partial charge on any atom is -0.399 e. The van der Waals surface area contributed by atoms with Gasteiger partial charge in [0.2, 0.25) is 5.76 Å². The fourth-order valence-corrected chi connectivity index (χ4v) is 1.38. The molecule has 5 heteroatoms. The predicted octanol–water partition coefficient (Wildman–Crippen LogP) is 1.50. The van der Waals surface area contributed by atoms with Gasteiger partial charge in [0.1, 0.15) is 0 Å². The van der Waals surface area contributed by atoms with Crippen LogP contribution in [0.2, 0.25) is 0 Å². The van der Waals surface area contributed by atoms with Gasteiger partial charge in [-0.3, -0.25) is 4.79 Å². The van der Waals surface area contributed by atoms with Gasteiger partial charge in [-0.05, 0) is 24.6 Å². The van der Waals surface area contributed by atoms with Crippen LogP contribution in [0, 0.1) is 6.92 Å². The first kappa shape index (κ1) is 11.2. The first-order chi connectivity index (χ1) is 8.15. The number of nitrogen functional groups attached to an aromatic ring is 1. The number of aromatic nitrogens is 1. The summed E-state index contributed by atoms with van der Waals surface area (Å²) in [6, 6.07) is 8.90. The van der Waals surface area contributed by atoms with E-state index < -0.39 is 0 Å². The monoisotopic (exact) mass is 231 g/mol. The summed E-state index contributed by atoms with van der Waals surface area (Å²) in [6.45, 7) is 2.19. The van der Waals surface area contributed by atoms with Crippen LogP contribution >= 0.6 is 0 Å². The summed E-state index contributed by atoms with van der Waals surface area (Å²) in [5.74, 6) is -0.0552. The van der Waals surface area contributed by atoms with Crippen LogP contribution in [-0.2, 0) is 6.54 Å². The van der Waals surface area contributed by atoms with Crippen molar-refractivity contribution >= 4 is 11.6 Å². The van der Waals surface area contributed by atoms with E-state index in [0.29, 0.717) is 17.9 Å². The third-order valence-corrected chi connectivity index (χ3v) is 2.28. The van der Waals surface area contributed by atoms with Crippen molar-refractivity contribution in [3.63, 3.8) is 0 Å². The van der Waals surface area contributed by atoms with Gasteiger partial charge < -0.3 is 15.6 Å². The fraction of sp³-hybridized carbons (Fsp3) is 0.167. The maximum absolute atomic E-state index is 11.6. The largest absolute Gasteiger partial charge is 0.399 e. The number of nitrogens with one attached hydrogen (secondary N) is 1. The van der Waals surface area contributed by atoms with E-state index in [2.05, 4.69) is 10.5 Å². The molecule has 0 atom stereocenters. The number of amides is 1. The van der Waals surface area contributed by atoms with Gasteiger partial charge in [-0.15, -0.1) is 0 Å². The molecular weight excluding hydrogens is 218 g/mol. The Morgan fingerprint density at radius 2 is 2.12 bits per heavy atom. The van der Waals surface area contributed by atoms with E-state index in [1.807, 2.05) is 12.1 Å². The smallest absolute Gasteiger partial charge is 0.290 e. The van der Waals surface area contributed by atoms with Crippen LogP contribution in [0.25, 0.3) is 0 Å². The highest BCUT2D eigenvalue weighted by Crippen LogP contribution is 2.06.